The van der Waals surface area contributed by atoms with Crippen LogP contribution in [-0.2, 0) is 9.59 Å². The first kappa shape index (κ1) is 19.3. The van der Waals surface area contributed by atoms with Crippen LogP contribution in [0.15, 0.2) is 18.2 Å². The smallest absolute Gasteiger partial charge is 0.308 e. The molecular formula is C20H29NO4. The van der Waals surface area contributed by atoms with Crippen molar-refractivity contribution in [1.29, 1.82) is 0 Å². The van der Waals surface area contributed by atoms with Crippen LogP contribution in [0.25, 0.3) is 0 Å². The number of nitrogens with zero attached hydrogens (tertiary/aromatic N) is 1. The highest BCUT2D eigenvalue weighted by Gasteiger charge is 2.34. The first-order chi connectivity index (χ1) is 11.9. The number of carboxylic acids is 1. The molecule has 1 saturated heterocycles. The quantitative estimate of drug-likeness (QED) is 0.766. The van der Waals surface area contributed by atoms with Crippen molar-refractivity contribution >= 4 is 11.9 Å². The molecule has 0 radical (unpaired) electrons. The molecule has 1 aliphatic heterocycles. The SMILES string of the molecule is Cc1ccc(C)c(OCCCCC(=O)N2CCC[C@@H](C(=O)O)[C@H]2C)c1. The lowest BCUT2D eigenvalue weighted by Gasteiger charge is -2.37. The van der Waals surface area contributed by atoms with Crippen molar-refractivity contribution in [1.82, 2.24) is 4.90 Å². The Bertz CT molecular complexity index is 614. The lowest BCUT2D eigenvalue weighted by Crippen LogP contribution is -2.49. The van der Waals surface area contributed by atoms with Crippen molar-refractivity contribution in [2.45, 2.75) is 58.9 Å². The molecule has 138 valence electrons. The van der Waals surface area contributed by atoms with E-state index in [-0.39, 0.29) is 11.9 Å². The number of benzene rings is 1. The van der Waals surface area contributed by atoms with Gasteiger partial charge in [0.25, 0.3) is 0 Å². The standard InChI is InChI=1S/C20H29NO4/c1-14-9-10-15(2)18(13-14)25-12-5-4-8-19(22)21-11-6-7-17(16(21)3)20(23)24/h9-10,13,16-17H,4-8,11-12H2,1-3H3,(H,23,24)/t16-,17-/m1/s1. The predicted octanol–water partition coefficient (Wildman–Crippen LogP) is 3.56. The topological polar surface area (TPSA) is 66.8 Å². The molecule has 0 spiro atoms. The van der Waals surface area contributed by atoms with Gasteiger partial charge in [-0.25, -0.2) is 0 Å². The minimum Gasteiger partial charge on any atom is -0.493 e. The third kappa shape index (κ3) is 5.21. The summed E-state index contributed by atoms with van der Waals surface area (Å²) in [5.74, 6) is -0.275. The number of piperidine rings is 1. The first-order valence-corrected chi connectivity index (χ1v) is 9.12. The molecule has 1 fully saturated rings. The molecule has 25 heavy (non-hydrogen) atoms. The molecule has 1 aromatic carbocycles. The molecule has 1 aromatic rings. The number of aliphatic carboxylic acids is 1. The Hall–Kier alpha value is -2.04. The average molecular weight is 347 g/mol. The molecule has 5 nitrogen and oxygen atoms in total. The lowest BCUT2D eigenvalue weighted by molar-refractivity contribution is -0.149. The Kier molecular flexibility index (Phi) is 6.85. The van der Waals surface area contributed by atoms with Crippen LogP contribution in [0.2, 0.25) is 0 Å². The van der Waals surface area contributed by atoms with E-state index in [0.29, 0.717) is 26.0 Å². The van der Waals surface area contributed by atoms with E-state index in [1.54, 1.807) is 4.90 Å². The van der Waals surface area contributed by atoms with Gasteiger partial charge in [-0.1, -0.05) is 12.1 Å². The second-order valence-electron chi connectivity index (χ2n) is 6.99. The Balaban J connectivity index is 1.73. The fourth-order valence-electron chi connectivity index (χ4n) is 3.39. The molecule has 2 atom stereocenters. The summed E-state index contributed by atoms with van der Waals surface area (Å²) in [6.07, 6.45) is 3.44. The number of amides is 1. The largest absolute Gasteiger partial charge is 0.493 e. The maximum atomic E-state index is 12.4. The van der Waals surface area contributed by atoms with Crippen molar-refractivity contribution in [2.75, 3.05) is 13.2 Å². The van der Waals surface area contributed by atoms with Gasteiger partial charge in [-0.15, -0.1) is 0 Å². The van der Waals surface area contributed by atoms with Crippen LogP contribution in [0.4, 0.5) is 0 Å². The van der Waals surface area contributed by atoms with Gasteiger partial charge in [-0.05, 0) is 63.6 Å². The summed E-state index contributed by atoms with van der Waals surface area (Å²) in [5.41, 5.74) is 2.28. The van der Waals surface area contributed by atoms with E-state index >= 15 is 0 Å². The van der Waals surface area contributed by atoms with Gasteiger partial charge in [0.05, 0.1) is 12.5 Å². The molecule has 0 aromatic heterocycles. The van der Waals surface area contributed by atoms with E-state index in [4.69, 9.17) is 4.74 Å². The van der Waals surface area contributed by atoms with E-state index in [9.17, 15) is 14.7 Å². The number of ether oxygens (including phenoxy) is 1. The Morgan fingerprint density at radius 3 is 2.76 bits per heavy atom. The number of hydrogen-bond donors (Lipinski definition) is 1. The van der Waals surface area contributed by atoms with Crippen molar-refractivity contribution in [3.8, 4) is 5.75 Å². The van der Waals surface area contributed by atoms with Crippen LogP contribution >= 0.6 is 0 Å². The zero-order valence-corrected chi connectivity index (χ0v) is 15.5. The van der Waals surface area contributed by atoms with Crippen molar-refractivity contribution < 1.29 is 19.4 Å². The lowest BCUT2D eigenvalue weighted by atomic mass is 9.90. The molecule has 0 saturated carbocycles. The second kappa shape index (κ2) is 8.88. The van der Waals surface area contributed by atoms with Gasteiger partial charge in [-0.2, -0.15) is 0 Å². The Morgan fingerprint density at radius 2 is 2.04 bits per heavy atom. The van der Waals surface area contributed by atoms with E-state index in [1.807, 2.05) is 32.9 Å². The summed E-state index contributed by atoms with van der Waals surface area (Å²) in [6.45, 7) is 7.16. The predicted molar refractivity (Wildman–Crippen MR) is 96.8 cm³/mol. The van der Waals surface area contributed by atoms with Gasteiger partial charge in [0, 0.05) is 19.0 Å². The van der Waals surface area contributed by atoms with Crippen LogP contribution < -0.4 is 4.74 Å². The van der Waals surface area contributed by atoms with Gasteiger partial charge in [0.15, 0.2) is 0 Å². The number of carbonyl (C=O) groups is 2. The average Bonchev–Trinajstić information content (AvgIpc) is 2.57. The zero-order chi connectivity index (χ0) is 18.4. The van der Waals surface area contributed by atoms with Gasteiger partial charge < -0.3 is 14.7 Å². The summed E-state index contributed by atoms with van der Waals surface area (Å²) in [4.78, 5) is 25.4. The van der Waals surface area contributed by atoms with Gasteiger partial charge in [-0.3, -0.25) is 9.59 Å². The molecule has 1 aliphatic rings. The van der Waals surface area contributed by atoms with E-state index in [2.05, 4.69) is 6.07 Å². The summed E-state index contributed by atoms with van der Waals surface area (Å²) >= 11 is 0. The Labute approximate surface area is 150 Å². The van der Waals surface area contributed by atoms with Crippen LogP contribution in [0, 0.1) is 19.8 Å². The highest BCUT2D eigenvalue weighted by molar-refractivity contribution is 5.78. The summed E-state index contributed by atoms with van der Waals surface area (Å²) < 4.78 is 5.81. The number of unbranched alkanes of at least 4 members (excludes halogenated alkanes) is 1. The van der Waals surface area contributed by atoms with Crippen LogP contribution in [0.5, 0.6) is 5.75 Å². The van der Waals surface area contributed by atoms with Crippen molar-refractivity contribution in [2.24, 2.45) is 5.92 Å². The highest BCUT2D eigenvalue weighted by Crippen LogP contribution is 2.25. The molecule has 2 rings (SSSR count). The number of carbonyl (C=O) groups excluding carboxylic acids is 1. The summed E-state index contributed by atoms with van der Waals surface area (Å²) in [6, 6.07) is 5.92. The number of carboxylic acid groups (broad SMARTS) is 1. The molecule has 0 unspecified atom stereocenters. The summed E-state index contributed by atoms with van der Waals surface area (Å²) in [5, 5.41) is 9.25. The molecule has 1 heterocycles. The maximum Gasteiger partial charge on any atom is 0.308 e. The maximum absolute atomic E-state index is 12.4. The third-order valence-electron chi connectivity index (χ3n) is 5.01. The van der Waals surface area contributed by atoms with E-state index in [0.717, 1.165) is 30.6 Å². The van der Waals surface area contributed by atoms with Crippen LogP contribution in [-0.4, -0.2) is 41.1 Å². The van der Waals surface area contributed by atoms with Gasteiger partial charge in [0.1, 0.15) is 5.75 Å². The number of aryl methyl sites for hydroxylation is 2. The molecule has 0 bridgehead atoms. The van der Waals surface area contributed by atoms with Gasteiger partial charge in [0.2, 0.25) is 5.91 Å². The number of hydrogen-bond acceptors (Lipinski definition) is 3. The molecule has 5 heteroatoms. The second-order valence-corrected chi connectivity index (χ2v) is 6.99. The van der Waals surface area contributed by atoms with E-state index in [1.165, 1.54) is 5.56 Å². The highest BCUT2D eigenvalue weighted by atomic mass is 16.5. The molecule has 1 amide bonds. The fraction of sp³-hybridized carbons (Fsp3) is 0.600. The third-order valence-corrected chi connectivity index (χ3v) is 5.01. The fourth-order valence-corrected chi connectivity index (χ4v) is 3.39. The zero-order valence-electron chi connectivity index (χ0n) is 15.5. The number of rotatable bonds is 7. The summed E-state index contributed by atoms with van der Waals surface area (Å²) in [7, 11) is 0. The minimum absolute atomic E-state index is 0.0604. The molecular weight excluding hydrogens is 318 g/mol. The van der Waals surface area contributed by atoms with Crippen molar-refractivity contribution in [3.05, 3.63) is 29.3 Å². The van der Waals surface area contributed by atoms with Gasteiger partial charge >= 0.3 is 5.97 Å². The van der Waals surface area contributed by atoms with Crippen LogP contribution in [0.3, 0.4) is 0 Å². The van der Waals surface area contributed by atoms with E-state index < -0.39 is 11.9 Å². The number of likely N-dealkylation sites (tertiary alicyclic amines) is 1. The monoisotopic (exact) mass is 347 g/mol. The Morgan fingerprint density at radius 1 is 1.28 bits per heavy atom. The molecule has 0 aliphatic carbocycles. The normalized spacial score (nSPS) is 20.4. The van der Waals surface area contributed by atoms with Crippen LogP contribution in [0.1, 0.15) is 50.2 Å². The first-order valence-electron chi connectivity index (χ1n) is 9.12. The molecule has 1 N–H and O–H groups in total. The van der Waals surface area contributed by atoms with Crippen molar-refractivity contribution in [3.63, 3.8) is 0 Å². The minimum atomic E-state index is -0.799.